The predicted molar refractivity (Wildman–Crippen MR) is 62.6 cm³/mol. The first-order valence-electron chi connectivity index (χ1n) is 5.97. The second-order valence-electron chi connectivity index (χ2n) is 4.65. The molecule has 1 saturated heterocycles. The average molecular weight is 234 g/mol. The molecule has 1 aromatic rings. The molecule has 1 N–H and O–H groups in total. The largest absolute Gasteiger partial charge is 0.379 e. The molecule has 1 unspecified atom stereocenters. The Labute approximate surface area is 99.7 Å². The van der Waals surface area contributed by atoms with Crippen molar-refractivity contribution >= 4 is 5.84 Å². The molecule has 0 spiro atoms. The van der Waals surface area contributed by atoms with E-state index in [0.717, 1.165) is 30.6 Å². The molecule has 90 valence electrons. The molecule has 2 aliphatic heterocycles. The van der Waals surface area contributed by atoms with E-state index in [9.17, 15) is 4.39 Å². The number of halogens is 1. The Hall–Kier alpha value is -1.42. The first-order chi connectivity index (χ1) is 8.25. The zero-order chi connectivity index (χ0) is 11.8. The summed E-state index contributed by atoms with van der Waals surface area (Å²) in [5.41, 5.74) is 1.78. The first-order valence-corrected chi connectivity index (χ1v) is 5.97. The zero-order valence-electron chi connectivity index (χ0n) is 9.58. The van der Waals surface area contributed by atoms with E-state index < -0.39 is 0 Å². The number of benzene rings is 1. The van der Waals surface area contributed by atoms with Crippen LogP contribution in [-0.4, -0.2) is 30.0 Å². The van der Waals surface area contributed by atoms with Crippen molar-refractivity contribution < 1.29 is 9.13 Å². The van der Waals surface area contributed by atoms with Crippen LogP contribution >= 0.6 is 0 Å². The lowest BCUT2D eigenvalue weighted by Gasteiger charge is -2.32. The third-order valence-corrected chi connectivity index (χ3v) is 3.53. The Morgan fingerprint density at radius 1 is 1.41 bits per heavy atom. The van der Waals surface area contributed by atoms with Crippen molar-refractivity contribution in [2.45, 2.75) is 25.4 Å². The van der Waals surface area contributed by atoms with E-state index in [1.54, 1.807) is 6.07 Å². The molecular formula is C13H15FN2O. The van der Waals surface area contributed by atoms with Gasteiger partial charge in [-0.15, -0.1) is 0 Å². The highest BCUT2D eigenvalue weighted by Gasteiger charge is 2.31. The van der Waals surface area contributed by atoms with Gasteiger partial charge in [0.1, 0.15) is 11.7 Å². The normalized spacial score (nSPS) is 23.9. The van der Waals surface area contributed by atoms with E-state index in [2.05, 4.69) is 0 Å². The minimum absolute atomic E-state index is 0.268. The van der Waals surface area contributed by atoms with Crippen LogP contribution in [0.15, 0.2) is 18.2 Å². The topological polar surface area (TPSA) is 36.3 Å². The van der Waals surface area contributed by atoms with E-state index in [1.807, 2.05) is 4.90 Å². The molecule has 3 rings (SSSR count). The number of rotatable bonds is 1. The molecule has 1 aromatic carbocycles. The van der Waals surface area contributed by atoms with E-state index in [0.29, 0.717) is 19.0 Å². The Morgan fingerprint density at radius 3 is 3.06 bits per heavy atom. The van der Waals surface area contributed by atoms with Crippen LogP contribution in [0.3, 0.4) is 0 Å². The molecule has 4 heteroatoms. The summed E-state index contributed by atoms with van der Waals surface area (Å²) in [5.74, 6) is 0.172. The van der Waals surface area contributed by atoms with Gasteiger partial charge in [0.15, 0.2) is 0 Å². The lowest BCUT2D eigenvalue weighted by molar-refractivity contribution is 0.0411. The summed E-state index contributed by atoms with van der Waals surface area (Å²) in [6.07, 6.45) is 2.10. The molecular weight excluding hydrogens is 219 g/mol. The van der Waals surface area contributed by atoms with Crippen molar-refractivity contribution in [3.63, 3.8) is 0 Å². The second-order valence-corrected chi connectivity index (χ2v) is 4.65. The molecule has 0 saturated carbocycles. The fourth-order valence-corrected chi connectivity index (χ4v) is 2.61. The summed E-state index contributed by atoms with van der Waals surface area (Å²) >= 11 is 0. The Bertz CT molecular complexity index is 455. The van der Waals surface area contributed by atoms with E-state index in [4.69, 9.17) is 10.1 Å². The number of nitrogens with one attached hydrogen (secondary N) is 1. The second kappa shape index (κ2) is 4.11. The van der Waals surface area contributed by atoms with Gasteiger partial charge in [-0.1, -0.05) is 6.07 Å². The van der Waals surface area contributed by atoms with Crippen LogP contribution in [0.4, 0.5) is 4.39 Å². The van der Waals surface area contributed by atoms with Gasteiger partial charge < -0.3 is 9.64 Å². The minimum atomic E-state index is -0.268. The molecule has 17 heavy (non-hydrogen) atoms. The van der Waals surface area contributed by atoms with Gasteiger partial charge in [0.2, 0.25) is 0 Å². The summed E-state index contributed by atoms with van der Waals surface area (Å²) in [4.78, 5) is 2.03. The minimum Gasteiger partial charge on any atom is -0.379 e. The number of ether oxygens (including phenoxy) is 1. The van der Waals surface area contributed by atoms with Gasteiger partial charge in [-0.25, -0.2) is 4.39 Å². The van der Waals surface area contributed by atoms with Gasteiger partial charge in [0.25, 0.3) is 0 Å². The van der Waals surface area contributed by atoms with Crippen molar-refractivity contribution in [3.05, 3.63) is 35.1 Å². The number of hydrogen-bond donors (Lipinski definition) is 1. The highest BCUT2D eigenvalue weighted by atomic mass is 19.1. The van der Waals surface area contributed by atoms with Crippen LogP contribution in [0.5, 0.6) is 0 Å². The average Bonchev–Trinajstić information content (AvgIpc) is 2.68. The lowest BCUT2D eigenvalue weighted by atomic mass is 10.1. The quantitative estimate of drug-likeness (QED) is 0.808. The smallest absolute Gasteiger partial charge is 0.129 e. The fraction of sp³-hybridized carbons (Fsp3) is 0.462. The molecule has 1 atom stereocenters. The maximum absolute atomic E-state index is 13.2. The van der Waals surface area contributed by atoms with Crippen molar-refractivity contribution in [2.75, 3.05) is 13.2 Å². The Kier molecular flexibility index (Phi) is 2.59. The van der Waals surface area contributed by atoms with Crippen LogP contribution in [0.2, 0.25) is 0 Å². The van der Waals surface area contributed by atoms with Crippen molar-refractivity contribution in [1.82, 2.24) is 4.90 Å². The summed E-state index contributed by atoms with van der Waals surface area (Å²) in [6.45, 7) is 2.21. The molecule has 2 heterocycles. The van der Waals surface area contributed by atoms with Gasteiger partial charge >= 0.3 is 0 Å². The van der Waals surface area contributed by atoms with Crippen LogP contribution in [0, 0.1) is 11.2 Å². The molecule has 1 fully saturated rings. The lowest BCUT2D eigenvalue weighted by Crippen LogP contribution is -2.41. The summed E-state index contributed by atoms with van der Waals surface area (Å²) in [6, 6.07) is 4.98. The van der Waals surface area contributed by atoms with Crippen molar-refractivity contribution in [2.24, 2.45) is 0 Å². The van der Waals surface area contributed by atoms with Gasteiger partial charge in [-0.2, -0.15) is 0 Å². The summed E-state index contributed by atoms with van der Waals surface area (Å²) < 4.78 is 18.6. The molecule has 0 radical (unpaired) electrons. The van der Waals surface area contributed by atoms with E-state index in [-0.39, 0.29) is 11.9 Å². The Morgan fingerprint density at radius 2 is 2.29 bits per heavy atom. The van der Waals surface area contributed by atoms with E-state index in [1.165, 1.54) is 12.1 Å². The molecule has 2 aliphatic rings. The number of amidine groups is 1. The predicted octanol–water partition coefficient (Wildman–Crippen LogP) is 2.15. The number of fused-ring (bicyclic) bond motifs is 1. The van der Waals surface area contributed by atoms with Gasteiger partial charge in [0, 0.05) is 18.7 Å². The molecule has 3 nitrogen and oxygen atoms in total. The third-order valence-electron chi connectivity index (χ3n) is 3.53. The van der Waals surface area contributed by atoms with Crippen LogP contribution in [0.1, 0.15) is 24.0 Å². The molecule has 0 bridgehead atoms. The summed E-state index contributed by atoms with van der Waals surface area (Å²) in [7, 11) is 0. The third kappa shape index (κ3) is 1.82. The summed E-state index contributed by atoms with van der Waals surface area (Å²) in [5, 5.41) is 8.12. The van der Waals surface area contributed by atoms with Gasteiger partial charge in [-0.05, 0) is 30.5 Å². The number of nitrogens with zero attached hydrogens (tertiary/aromatic N) is 1. The van der Waals surface area contributed by atoms with E-state index >= 15 is 0 Å². The monoisotopic (exact) mass is 234 g/mol. The van der Waals surface area contributed by atoms with Gasteiger partial charge in [-0.3, -0.25) is 5.41 Å². The van der Waals surface area contributed by atoms with Crippen LogP contribution in [0.25, 0.3) is 0 Å². The molecule has 0 aromatic heterocycles. The Balaban J connectivity index is 1.85. The molecule has 0 aliphatic carbocycles. The SMILES string of the molecule is N=C1c2cc(F)ccc2CN1C1CCCOC1. The van der Waals surface area contributed by atoms with Crippen molar-refractivity contribution in [1.29, 1.82) is 5.41 Å². The maximum atomic E-state index is 13.2. The van der Waals surface area contributed by atoms with Crippen LogP contribution < -0.4 is 0 Å². The fourth-order valence-electron chi connectivity index (χ4n) is 2.61. The maximum Gasteiger partial charge on any atom is 0.129 e. The van der Waals surface area contributed by atoms with Crippen molar-refractivity contribution in [3.8, 4) is 0 Å². The highest BCUT2D eigenvalue weighted by molar-refractivity contribution is 6.00. The highest BCUT2D eigenvalue weighted by Crippen LogP contribution is 2.27. The van der Waals surface area contributed by atoms with Crippen LogP contribution in [-0.2, 0) is 11.3 Å². The zero-order valence-corrected chi connectivity index (χ0v) is 9.58. The molecule has 0 amide bonds. The number of hydrogen-bond acceptors (Lipinski definition) is 2. The van der Waals surface area contributed by atoms with Gasteiger partial charge in [0.05, 0.1) is 12.6 Å². The first kappa shape index (κ1) is 10.7. The standard InChI is InChI=1S/C13H15FN2O/c14-10-4-3-9-7-16(13(15)12(9)6-10)11-2-1-5-17-8-11/h3-4,6,11,15H,1-2,5,7-8H2.